The Kier molecular flexibility index (Phi) is 5.99. The first-order chi connectivity index (χ1) is 12.0. The lowest BCUT2D eigenvalue weighted by molar-refractivity contribution is 0.353. The lowest BCUT2D eigenvalue weighted by atomic mass is 10.2. The number of hydrogen-bond donors (Lipinski definition) is 2. The van der Waals surface area contributed by atoms with Crippen molar-refractivity contribution in [2.24, 2.45) is 10.1 Å². The Hall–Kier alpha value is -1.65. The van der Waals surface area contributed by atoms with Crippen LogP contribution in [0.15, 0.2) is 34.2 Å². The predicted molar refractivity (Wildman–Crippen MR) is 102 cm³/mol. The van der Waals surface area contributed by atoms with Gasteiger partial charge in [0.15, 0.2) is 15.8 Å². The molecule has 146 valence electrons. The molecule has 2 rings (SSSR count). The van der Waals surface area contributed by atoms with E-state index in [0.29, 0.717) is 32.1 Å². The maximum absolute atomic E-state index is 12.2. The van der Waals surface area contributed by atoms with Gasteiger partial charge in [-0.2, -0.15) is 0 Å². The SMILES string of the molecule is CCNC(=NCc1ccc(S(N)(=O)=O)cc1)N1CCS(=O)(=O)C(C)(C)C1. The van der Waals surface area contributed by atoms with Gasteiger partial charge in [0, 0.05) is 19.6 Å². The topological polar surface area (TPSA) is 122 Å². The molecule has 0 bridgehead atoms. The second-order valence-electron chi connectivity index (χ2n) is 6.86. The van der Waals surface area contributed by atoms with Gasteiger partial charge in [0.05, 0.1) is 21.9 Å². The molecular weight excluding hydrogens is 376 g/mol. The van der Waals surface area contributed by atoms with Crippen molar-refractivity contribution >= 4 is 25.8 Å². The van der Waals surface area contributed by atoms with E-state index in [0.717, 1.165) is 5.56 Å². The van der Waals surface area contributed by atoms with Gasteiger partial charge >= 0.3 is 0 Å². The summed E-state index contributed by atoms with van der Waals surface area (Å²) >= 11 is 0. The summed E-state index contributed by atoms with van der Waals surface area (Å²) in [5.41, 5.74) is 0.830. The summed E-state index contributed by atoms with van der Waals surface area (Å²) in [6.45, 7) is 7.16. The third-order valence-electron chi connectivity index (χ3n) is 4.34. The number of primary sulfonamides is 1. The molecule has 10 heteroatoms. The summed E-state index contributed by atoms with van der Waals surface area (Å²) in [6.07, 6.45) is 0. The number of nitrogens with zero attached hydrogens (tertiary/aromatic N) is 2. The number of sulfonamides is 1. The molecule has 0 aliphatic carbocycles. The van der Waals surface area contributed by atoms with E-state index < -0.39 is 24.6 Å². The molecular formula is C16H26N4O4S2. The Bertz CT molecular complexity index is 875. The van der Waals surface area contributed by atoms with Crippen LogP contribution < -0.4 is 10.5 Å². The maximum Gasteiger partial charge on any atom is 0.238 e. The monoisotopic (exact) mass is 402 g/mol. The first kappa shape index (κ1) is 20.7. The molecule has 1 aliphatic heterocycles. The van der Waals surface area contributed by atoms with Gasteiger partial charge in [0.1, 0.15) is 0 Å². The minimum absolute atomic E-state index is 0.0557. The molecule has 1 fully saturated rings. The van der Waals surface area contributed by atoms with E-state index in [2.05, 4.69) is 10.3 Å². The fourth-order valence-corrected chi connectivity index (χ4v) is 4.58. The largest absolute Gasteiger partial charge is 0.357 e. The minimum atomic E-state index is -3.71. The predicted octanol–water partition coefficient (Wildman–Crippen LogP) is 0.309. The molecule has 0 spiro atoms. The maximum atomic E-state index is 12.2. The third kappa shape index (κ3) is 4.74. The summed E-state index contributed by atoms with van der Waals surface area (Å²) in [5.74, 6) is 0.735. The molecule has 26 heavy (non-hydrogen) atoms. The second-order valence-corrected chi connectivity index (χ2v) is 11.2. The Morgan fingerprint density at radius 1 is 1.31 bits per heavy atom. The number of hydrogen-bond acceptors (Lipinski definition) is 5. The van der Waals surface area contributed by atoms with Crippen LogP contribution in [0.4, 0.5) is 0 Å². The summed E-state index contributed by atoms with van der Waals surface area (Å²) in [5, 5.41) is 8.28. The number of benzene rings is 1. The fraction of sp³-hybridized carbons (Fsp3) is 0.562. The van der Waals surface area contributed by atoms with Gasteiger partial charge in [0.2, 0.25) is 10.0 Å². The molecule has 0 aromatic heterocycles. The number of rotatable bonds is 4. The molecule has 1 saturated heterocycles. The average molecular weight is 403 g/mol. The van der Waals surface area contributed by atoms with E-state index in [1.165, 1.54) is 12.1 Å². The summed E-state index contributed by atoms with van der Waals surface area (Å²) in [6, 6.07) is 6.22. The Balaban J connectivity index is 2.17. The van der Waals surface area contributed by atoms with Gasteiger partial charge < -0.3 is 10.2 Å². The molecule has 1 aliphatic rings. The number of guanidine groups is 1. The van der Waals surface area contributed by atoms with Crippen molar-refractivity contribution < 1.29 is 16.8 Å². The number of aliphatic imine (C=N–C) groups is 1. The Morgan fingerprint density at radius 2 is 1.92 bits per heavy atom. The van der Waals surface area contributed by atoms with Crippen LogP contribution in [-0.2, 0) is 26.4 Å². The van der Waals surface area contributed by atoms with Crippen molar-refractivity contribution in [3.05, 3.63) is 29.8 Å². The first-order valence-electron chi connectivity index (χ1n) is 8.33. The highest BCUT2D eigenvalue weighted by Crippen LogP contribution is 2.23. The lowest BCUT2D eigenvalue weighted by Gasteiger charge is -2.39. The molecule has 1 heterocycles. The third-order valence-corrected chi connectivity index (χ3v) is 7.80. The standard InChI is InChI=1S/C16H26N4O4S2/c1-4-18-15(20-9-10-25(21,22)16(2,3)12-20)19-11-13-5-7-14(8-6-13)26(17,23)24/h5-8H,4,9-12H2,1-3H3,(H,18,19)(H2,17,23,24). The zero-order chi connectivity index (χ0) is 19.6. The molecule has 0 atom stereocenters. The number of sulfone groups is 1. The van der Waals surface area contributed by atoms with E-state index >= 15 is 0 Å². The normalized spacial score (nSPS) is 20.0. The zero-order valence-electron chi connectivity index (χ0n) is 15.3. The molecule has 0 amide bonds. The fourth-order valence-electron chi connectivity index (χ4n) is 2.70. The molecule has 0 radical (unpaired) electrons. The molecule has 1 aromatic carbocycles. The second kappa shape index (κ2) is 7.53. The van der Waals surface area contributed by atoms with Gasteiger partial charge in [-0.3, -0.25) is 0 Å². The van der Waals surface area contributed by atoms with Gasteiger partial charge in [-0.1, -0.05) is 12.1 Å². The van der Waals surface area contributed by atoms with E-state index in [1.54, 1.807) is 26.0 Å². The Morgan fingerprint density at radius 3 is 2.42 bits per heavy atom. The van der Waals surface area contributed by atoms with Crippen molar-refractivity contribution in [2.75, 3.05) is 25.4 Å². The van der Waals surface area contributed by atoms with Crippen LogP contribution in [-0.4, -0.2) is 57.8 Å². The highest BCUT2D eigenvalue weighted by molar-refractivity contribution is 7.92. The number of nitrogens with one attached hydrogen (secondary N) is 1. The summed E-state index contributed by atoms with van der Waals surface area (Å²) < 4.78 is 46.1. The summed E-state index contributed by atoms with van der Waals surface area (Å²) in [7, 11) is -6.84. The van der Waals surface area contributed by atoms with Crippen LogP contribution in [0.1, 0.15) is 26.3 Å². The minimum Gasteiger partial charge on any atom is -0.357 e. The van der Waals surface area contributed by atoms with Crippen LogP contribution in [0.3, 0.4) is 0 Å². The van der Waals surface area contributed by atoms with E-state index in [1.807, 2.05) is 11.8 Å². The van der Waals surface area contributed by atoms with Gasteiger partial charge in [0.25, 0.3) is 0 Å². The van der Waals surface area contributed by atoms with Crippen molar-refractivity contribution in [3.8, 4) is 0 Å². The van der Waals surface area contributed by atoms with Crippen LogP contribution in [0.5, 0.6) is 0 Å². The van der Waals surface area contributed by atoms with Gasteiger partial charge in [-0.15, -0.1) is 0 Å². The summed E-state index contributed by atoms with van der Waals surface area (Å²) in [4.78, 5) is 6.57. The van der Waals surface area contributed by atoms with Crippen LogP contribution >= 0.6 is 0 Å². The lowest BCUT2D eigenvalue weighted by Crippen LogP contribution is -2.57. The molecule has 0 unspecified atom stereocenters. The van der Waals surface area contributed by atoms with E-state index in [-0.39, 0.29) is 10.6 Å². The number of nitrogens with two attached hydrogens (primary N) is 1. The Labute approximate surface area is 155 Å². The molecule has 1 aromatic rings. The van der Waals surface area contributed by atoms with Crippen molar-refractivity contribution in [1.82, 2.24) is 10.2 Å². The van der Waals surface area contributed by atoms with Crippen LogP contribution in [0.2, 0.25) is 0 Å². The van der Waals surface area contributed by atoms with Crippen molar-refractivity contribution in [2.45, 2.75) is 37.0 Å². The van der Waals surface area contributed by atoms with Crippen molar-refractivity contribution in [1.29, 1.82) is 0 Å². The van der Waals surface area contributed by atoms with E-state index in [9.17, 15) is 16.8 Å². The van der Waals surface area contributed by atoms with Gasteiger partial charge in [-0.05, 0) is 38.5 Å². The molecule has 0 saturated carbocycles. The first-order valence-corrected chi connectivity index (χ1v) is 11.5. The van der Waals surface area contributed by atoms with Gasteiger partial charge in [-0.25, -0.2) is 27.0 Å². The quantitative estimate of drug-likeness (QED) is 0.552. The van der Waals surface area contributed by atoms with Crippen LogP contribution in [0.25, 0.3) is 0 Å². The van der Waals surface area contributed by atoms with Crippen LogP contribution in [0, 0.1) is 0 Å². The van der Waals surface area contributed by atoms with Crippen molar-refractivity contribution in [3.63, 3.8) is 0 Å². The smallest absolute Gasteiger partial charge is 0.238 e. The zero-order valence-corrected chi connectivity index (χ0v) is 16.9. The molecule has 8 nitrogen and oxygen atoms in total. The van der Waals surface area contributed by atoms with E-state index in [4.69, 9.17) is 5.14 Å². The highest BCUT2D eigenvalue weighted by Gasteiger charge is 2.40. The average Bonchev–Trinajstić information content (AvgIpc) is 2.54. The highest BCUT2D eigenvalue weighted by atomic mass is 32.2. The molecule has 3 N–H and O–H groups in total.